The maximum absolute atomic E-state index is 12.3. The van der Waals surface area contributed by atoms with Crippen LogP contribution in [0.2, 0.25) is 0 Å². The Morgan fingerprint density at radius 3 is 2.04 bits per heavy atom. The second-order valence-electron chi connectivity index (χ2n) is 6.18. The van der Waals surface area contributed by atoms with Crippen LogP contribution in [0.3, 0.4) is 0 Å². The average molecular weight is 362 g/mol. The maximum Gasteiger partial charge on any atom is 0.339 e. The molecule has 0 radical (unpaired) electrons. The molecular weight excluding hydrogens is 340 g/mol. The van der Waals surface area contributed by atoms with Crippen LogP contribution in [0.25, 0.3) is 0 Å². The van der Waals surface area contributed by atoms with Crippen LogP contribution in [0.15, 0.2) is 53.4 Å². The van der Waals surface area contributed by atoms with Gasteiger partial charge in [-0.3, -0.25) is 4.79 Å². The van der Waals surface area contributed by atoms with Crippen LogP contribution in [0.4, 0.5) is 0 Å². The molecule has 0 aliphatic carbocycles. The molecular formula is C19H22O5S. The maximum atomic E-state index is 12.3. The smallest absolute Gasteiger partial charge is 0.339 e. The lowest BCUT2D eigenvalue weighted by atomic mass is 10.0. The van der Waals surface area contributed by atoms with Crippen LogP contribution in [0.5, 0.6) is 5.75 Å². The molecule has 0 aromatic heterocycles. The average Bonchev–Trinajstić information content (AvgIpc) is 2.56. The molecule has 2 aromatic carbocycles. The summed E-state index contributed by atoms with van der Waals surface area (Å²) < 4.78 is 34.4. The third kappa shape index (κ3) is 5.60. The van der Waals surface area contributed by atoms with E-state index in [-0.39, 0.29) is 23.0 Å². The summed E-state index contributed by atoms with van der Waals surface area (Å²) in [4.78, 5) is 11.3. The summed E-state index contributed by atoms with van der Waals surface area (Å²) in [5, 5.41) is 0. The van der Waals surface area contributed by atoms with Gasteiger partial charge in [0.1, 0.15) is 10.6 Å². The highest BCUT2D eigenvalue weighted by atomic mass is 32.2. The van der Waals surface area contributed by atoms with Crippen molar-refractivity contribution in [2.24, 2.45) is 5.92 Å². The summed E-state index contributed by atoms with van der Waals surface area (Å²) >= 11 is 0. The van der Waals surface area contributed by atoms with Crippen molar-refractivity contribution in [3.8, 4) is 5.75 Å². The monoisotopic (exact) mass is 362 g/mol. The summed E-state index contributed by atoms with van der Waals surface area (Å²) in [5.74, 6) is 0.338. The van der Waals surface area contributed by atoms with Crippen molar-refractivity contribution in [1.82, 2.24) is 0 Å². The zero-order valence-corrected chi connectivity index (χ0v) is 15.4. The molecule has 2 aromatic rings. The van der Waals surface area contributed by atoms with E-state index in [9.17, 15) is 13.2 Å². The second kappa shape index (κ2) is 8.16. The third-order valence-electron chi connectivity index (χ3n) is 3.56. The first-order valence-corrected chi connectivity index (χ1v) is 9.40. The summed E-state index contributed by atoms with van der Waals surface area (Å²) in [7, 11) is -2.57. The summed E-state index contributed by atoms with van der Waals surface area (Å²) in [5.41, 5.74) is 1.80. The van der Waals surface area contributed by atoms with Gasteiger partial charge in [0.15, 0.2) is 0 Å². The molecule has 0 aliphatic rings. The predicted molar refractivity (Wildman–Crippen MR) is 95.0 cm³/mol. The molecule has 0 N–H and O–H groups in total. The van der Waals surface area contributed by atoms with Crippen LogP contribution in [-0.2, 0) is 32.5 Å². The second-order valence-corrected chi connectivity index (χ2v) is 7.72. The van der Waals surface area contributed by atoms with Crippen LogP contribution >= 0.6 is 0 Å². The van der Waals surface area contributed by atoms with Crippen molar-refractivity contribution < 1.29 is 22.1 Å². The summed E-state index contributed by atoms with van der Waals surface area (Å²) in [6.07, 6.45) is 1.02. The van der Waals surface area contributed by atoms with Crippen LogP contribution in [0.1, 0.15) is 25.0 Å². The number of carbonyl (C=O) groups is 1. The van der Waals surface area contributed by atoms with Crippen molar-refractivity contribution in [2.75, 3.05) is 7.11 Å². The molecule has 0 spiro atoms. The van der Waals surface area contributed by atoms with Gasteiger partial charge >= 0.3 is 16.1 Å². The van der Waals surface area contributed by atoms with Gasteiger partial charge in [0.25, 0.3) is 0 Å². The van der Waals surface area contributed by atoms with E-state index in [0.29, 0.717) is 5.92 Å². The first kappa shape index (κ1) is 19.0. The number of hydrogen-bond donors (Lipinski definition) is 0. The molecule has 0 heterocycles. The fraction of sp³-hybridized carbons (Fsp3) is 0.316. The Bertz CT molecular complexity index is 806. The van der Waals surface area contributed by atoms with E-state index in [0.717, 1.165) is 17.5 Å². The minimum Gasteiger partial charge on any atom is -0.469 e. The van der Waals surface area contributed by atoms with Gasteiger partial charge in [0, 0.05) is 0 Å². The normalized spacial score (nSPS) is 11.4. The lowest BCUT2D eigenvalue weighted by Crippen LogP contribution is -2.10. The van der Waals surface area contributed by atoms with Crippen molar-refractivity contribution in [1.29, 1.82) is 0 Å². The van der Waals surface area contributed by atoms with E-state index in [2.05, 4.69) is 18.6 Å². The Hall–Kier alpha value is -2.34. The van der Waals surface area contributed by atoms with Gasteiger partial charge in [0.05, 0.1) is 13.5 Å². The molecule has 2 rings (SSSR count). The van der Waals surface area contributed by atoms with E-state index in [1.54, 1.807) is 36.4 Å². The van der Waals surface area contributed by atoms with Gasteiger partial charge in [-0.1, -0.05) is 38.1 Å². The summed E-state index contributed by atoms with van der Waals surface area (Å²) in [6, 6.07) is 13.0. The summed E-state index contributed by atoms with van der Waals surface area (Å²) in [6.45, 7) is 4.22. The van der Waals surface area contributed by atoms with Gasteiger partial charge < -0.3 is 8.92 Å². The van der Waals surface area contributed by atoms with E-state index >= 15 is 0 Å². The van der Waals surface area contributed by atoms with E-state index in [1.165, 1.54) is 19.2 Å². The molecule has 0 unspecified atom stereocenters. The minimum absolute atomic E-state index is 0.110. The largest absolute Gasteiger partial charge is 0.469 e. The predicted octanol–water partition coefficient (Wildman–Crippen LogP) is 3.37. The molecule has 0 atom stereocenters. The van der Waals surface area contributed by atoms with Gasteiger partial charge in [-0.05, 0) is 47.7 Å². The van der Waals surface area contributed by atoms with Crippen molar-refractivity contribution >= 4 is 16.1 Å². The van der Waals surface area contributed by atoms with Crippen LogP contribution in [0, 0.1) is 5.92 Å². The van der Waals surface area contributed by atoms with Gasteiger partial charge in [-0.15, -0.1) is 0 Å². The van der Waals surface area contributed by atoms with Gasteiger partial charge in [-0.25, -0.2) is 0 Å². The molecule has 134 valence electrons. The molecule has 0 saturated heterocycles. The number of hydrogen-bond acceptors (Lipinski definition) is 5. The lowest BCUT2D eigenvalue weighted by molar-refractivity contribution is -0.139. The van der Waals surface area contributed by atoms with Crippen molar-refractivity contribution in [3.63, 3.8) is 0 Å². The molecule has 5 nitrogen and oxygen atoms in total. The molecule has 0 fully saturated rings. The standard InChI is InChI=1S/C19H22O5S/c1-14(2)12-15-6-10-18(11-7-15)25(21,22)24-17-8-4-16(5-9-17)13-19(20)23-3/h4-11,14H,12-13H2,1-3H3. The highest BCUT2D eigenvalue weighted by Crippen LogP contribution is 2.20. The zero-order chi connectivity index (χ0) is 18.4. The van der Waals surface area contributed by atoms with Crippen LogP contribution in [-0.4, -0.2) is 21.5 Å². The molecule has 0 aliphatic heterocycles. The topological polar surface area (TPSA) is 69.7 Å². The number of benzene rings is 2. The first-order chi connectivity index (χ1) is 11.8. The quantitative estimate of drug-likeness (QED) is 0.558. The van der Waals surface area contributed by atoms with Gasteiger partial charge in [-0.2, -0.15) is 8.42 Å². The van der Waals surface area contributed by atoms with E-state index in [4.69, 9.17) is 4.18 Å². The van der Waals surface area contributed by atoms with E-state index in [1.807, 2.05) is 0 Å². The van der Waals surface area contributed by atoms with Gasteiger partial charge in [0.2, 0.25) is 0 Å². The number of esters is 1. The Kier molecular flexibility index (Phi) is 6.20. The Morgan fingerprint density at radius 2 is 1.52 bits per heavy atom. The first-order valence-electron chi connectivity index (χ1n) is 7.99. The number of rotatable bonds is 7. The number of carbonyl (C=O) groups excluding carboxylic acids is 1. The fourth-order valence-electron chi connectivity index (χ4n) is 2.34. The van der Waals surface area contributed by atoms with Crippen LogP contribution < -0.4 is 4.18 Å². The number of ether oxygens (including phenoxy) is 1. The van der Waals surface area contributed by atoms with Crippen molar-refractivity contribution in [3.05, 3.63) is 59.7 Å². The minimum atomic E-state index is -3.89. The molecule has 0 bridgehead atoms. The fourth-order valence-corrected chi connectivity index (χ4v) is 3.27. The highest BCUT2D eigenvalue weighted by molar-refractivity contribution is 7.87. The Morgan fingerprint density at radius 1 is 0.960 bits per heavy atom. The highest BCUT2D eigenvalue weighted by Gasteiger charge is 2.17. The molecule has 25 heavy (non-hydrogen) atoms. The molecule has 6 heteroatoms. The molecule has 0 amide bonds. The Balaban J connectivity index is 2.08. The third-order valence-corrected chi connectivity index (χ3v) is 4.82. The van der Waals surface area contributed by atoms with Crippen molar-refractivity contribution in [2.45, 2.75) is 31.6 Å². The molecule has 0 saturated carbocycles. The Labute approximate surface area is 148 Å². The SMILES string of the molecule is COC(=O)Cc1ccc(OS(=O)(=O)c2ccc(CC(C)C)cc2)cc1. The van der Waals surface area contributed by atoms with E-state index < -0.39 is 10.1 Å². The lowest BCUT2D eigenvalue weighted by Gasteiger charge is -2.09. The zero-order valence-electron chi connectivity index (χ0n) is 14.6. The number of methoxy groups -OCH3 is 1.